The van der Waals surface area contributed by atoms with Crippen LogP contribution in [0.25, 0.3) is 11.2 Å². The lowest BCUT2D eigenvalue weighted by atomic mass is 9.79. The van der Waals surface area contributed by atoms with Gasteiger partial charge >= 0.3 is 7.60 Å². The monoisotopic (exact) mass is 765 g/mol. The first kappa shape index (κ1) is 37.8. The molecular formula is C40H40N5O9P. The van der Waals surface area contributed by atoms with E-state index in [9.17, 15) is 14.3 Å². The van der Waals surface area contributed by atoms with Crippen molar-refractivity contribution in [2.24, 2.45) is 0 Å². The molecule has 6 aromatic rings. The lowest BCUT2D eigenvalue weighted by Crippen LogP contribution is -2.41. The molecule has 0 radical (unpaired) electrons. The maximum absolute atomic E-state index is 13.0. The van der Waals surface area contributed by atoms with E-state index in [1.807, 2.05) is 84.9 Å². The number of rotatable bonds is 15. The Morgan fingerprint density at radius 1 is 0.855 bits per heavy atom. The minimum atomic E-state index is -3.99. The van der Waals surface area contributed by atoms with Crippen molar-refractivity contribution in [1.82, 2.24) is 19.5 Å². The zero-order valence-corrected chi connectivity index (χ0v) is 31.2. The molecule has 1 aliphatic rings. The molecule has 1 unspecified atom stereocenters. The summed E-state index contributed by atoms with van der Waals surface area (Å²) in [5.74, 6) is 1.25. The summed E-state index contributed by atoms with van der Waals surface area (Å²) < 4.78 is 49.8. The fourth-order valence-electron chi connectivity index (χ4n) is 6.66. The van der Waals surface area contributed by atoms with Crippen LogP contribution in [0, 0.1) is 0 Å². The van der Waals surface area contributed by atoms with E-state index in [4.69, 9.17) is 28.2 Å². The molecule has 0 aliphatic carbocycles. The molecule has 1 amide bonds. The van der Waals surface area contributed by atoms with Crippen LogP contribution in [0.2, 0.25) is 0 Å². The third-order valence-electron chi connectivity index (χ3n) is 9.44. The summed E-state index contributed by atoms with van der Waals surface area (Å²) in [6.45, 7) is -0.106. The van der Waals surface area contributed by atoms with Crippen LogP contribution in [0.3, 0.4) is 0 Å². The summed E-state index contributed by atoms with van der Waals surface area (Å²) in [7, 11) is 0.378. The third-order valence-corrected chi connectivity index (χ3v) is 10.5. The lowest BCUT2D eigenvalue weighted by molar-refractivity contribution is -0.105. The van der Waals surface area contributed by atoms with Crippen molar-refractivity contribution in [3.63, 3.8) is 0 Å². The molecule has 0 bridgehead atoms. The SMILES string of the molecule is COc1ccc(C(O[C@H]2C[C@H](n3cnc4c(NC(=O)c5ccccc5)ncnc43)O[C@@H]2COCP(=O)(O)OC)(c2ccccc2)c2ccc(OC)cc2)cc1. The van der Waals surface area contributed by atoms with Gasteiger partial charge in [0.05, 0.1) is 33.3 Å². The van der Waals surface area contributed by atoms with Crippen LogP contribution in [-0.4, -0.2) is 76.8 Å². The van der Waals surface area contributed by atoms with Crippen LogP contribution in [0.5, 0.6) is 11.5 Å². The summed E-state index contributed by atoms with van der Waals surface area (Å²) in [6, 6.07) is 34.0. The molecule has 2 N–H and O–H groups in total. The number of nitrogens with zero attached hydrogens (tertiary/aromatic N) is 4. The summed E-state index contributed by atoms with van der Waals surface area (Å²) in [4.78, 5) is 36.5. The van der Waals surface area contributed by atoms with Gasteiger partial charge in [-0.25, -0.2) is 15.0 Å². The van der Waals surface area contributed by atoms with Gasteiger partial charge in [-0.1, -0.05) is 72.8 Å². The number of ether oxygens (including phenoxy) is 5. The summed E-state index contributed by atoms with van der Waals surface area (Å²) >= 11 is 0. The number of hydrogen-bond acceptors (Lipinski definition) is 11. The Kier molecular flexibility index (Phi) is 11.3. The fraction of sp³-hybridized carbons (Fsp3) is 0.250. The number of imidazole rings is 1. The first-order valence-electron chi connectivity index (χ1n) is 17.4. The highest BCUT2D eigenvalue weighted by Crippen LogP contribution is 2.46. The van der Waals surface area contributed by atoms with E-state index in [0.717, 1.165) is 23.8 Å². The van der Waals surface area contributed by atoms with E-state index in [-0.39, 0.29) is 24.8 Å². The van der Waals surface area contributed by atoms with E-state index in [1.165, 1.54) is 6.33 Å². The average Bonchev–Trinajstić information content (AvgIpc) is 3.85. The fourth-order valence-corrected chi connectivity index (χ4v) is 7.10. The average molecular weight is 766 g/mol. The van der Waals surface area contributed by atoms with Crippen molar-refractivity contribution in [3.8, 4) is 11.5 Å². The number of aromatic nitrogens is 4. The quantitative estimate of drug-likeness (QED) is 0.0855. The van der Waals surface area contributed by atoms with Crippen molar-refractivity contribution in [2.75, 3.05) is 39.6 Å². The van der Waals surface area contributed by atoms with Gasteiger partial charge in [-0.3, -0.25) is 13.9 Å². The van der Waals surface area contributed by atoms with Crippen LogP contribution < -0.4 is 14.8 Å². The van der Waals surface area contributed by atoms with Gasteiger partial charge in [0.2, 0.25) is 0 Å². The number of carbonyl (C=O) groups is 1. The topological polar surface area (TPSA) is 165 Å². The predicted octanol–water partition coefficient (Wildman–Crippen LogP) is 6.57. The summed E-state index contributed by atoms with van der Waals surface area (Å²) in [5.41, 5.74) is 2.51. The zero-order chi connectivity index (χ0) is 38.4. The molecule has 0 spiro atoms. The lowest BCUT2D eigenvalue weighted by Gasteiger charge is -2.39. The smallest absolute Gasteiger partial charge is 0.353 e. The Balaban J connectivity index is 1.29. The Morgan fingerprint density at radius 2 is 1.45 bits per heavy atom. The molecule has 7 rings (SSSR count). The van der Waals surface area contributed by atoms with Gasteiger partial charge in [-0.05, 0) is 53.1 Å². The van der Waals surface area contributed by atoms with E-state index in [2.05, 4.69) is 20.3 Å². The van der Waals surface area contributed by atoms with Crippen molar-refractivity contribution >= 4 is 30.5 Å². The van der Waals surface area contributed by atoms with Gasteiger partial charge < -0.3 is 38.4 Å². The molecule has 1 fully saturated rings. The second-order valence-electron chi connectivity index (χ2n) is 12.7. The van der Waals surface area contributed by atoms with Gasteiger partial charge in [-0.15, -0.1) is 0 Å². The highest BCUT2D eigenvalue weighted by molar-refractivity contribution is 7.52. The van der Waals surface area contributed by atoms with E-state index >= 15 is 0 Å². The molecule has 3 heterocycles. The Bertz CT molecular complexity index is 2210. The predicted molar refractivity (Wildman–Crippen MR) is 203 cm³/mol. The van der Waals surface area contributed by atoms with Crippen LogP contribution in [-0.2, 0) is 28.9 Å². The summed E-state index contributed by atoms with van der Waals surface area (Å²) in [5, 5.41) is 2.84. The molecule has 55 heavy (non-hydrogen) atoms. The van der Waals surface area contributed by atoms with Gasteiger partial charge in [-0.2, -0.15) is 0 Å². The third kappa shape index (κ3) is 8.01. The highest BCUT2D eigenvalue weighted by atomic mass is 31.2. The number of methoxy groups -OCH3 is 2. The molecule has 1 saturated heterocycles. The molecule has 14 nitrogen and oxygen atoms in total. The van der Waals surface area contributed by atoms with Gasteiger partial charge in [0.1, 0.15) is 42.1 Å². The zero-order valence-electron chi connectivity index (χ0n) is 30.3. The van der Waals surface area contributed by atoms with Crippen molar-refractivity contribution < 1.29 is 42.5 Å². The molecule has 1 aliphatic heterocycles. The number of amides is 1. The normalized spacial score (nSPS) is 18.1. The molecular weight excluding hydrogens is 725 g/mol. The van der Waals surface area contributed by atoms with Crippen molar-refractivity contribution in [2.45, 2.75) is 30.5 Å². The number of carbonyl (C=O) groups excluding carboxylic acids is 1. The molecule has 284 valence electrons. The second-order valence-corrected chi connectivity index (χ2v) is 14.6. The van der Waals surface area contributed by atoms with Gasteiger partial charge in [0.25, 0.3) is 5.91 Å². The molecule has 4 aromatic carbocycles. The number of benzene rings is 4. The molecule has 4 atom stereocenters. The van der Waals surface area contributed by atoms with Crippen molar-refractivity contribution in [1.29, 1.82) is 0 Å². The Labute approximate surface area is 317 Å². The first-order chi connectivity index (χ1) is 26.7. The maximum Gasteiger partial charge on any atom is 0.353 e. The van der Waals surface area contributed by atoms with Crippen LogP contribution in [0.15, 0.2) is 122 Å². The standard InChI is InChI=1S/C40H40N5O9P/c1-49-31-18-14-29(15-19-31)40(28-12-8-5-9-13-28,30-16-20-32(50-2)21-17-30)54-33-22-35(53-34(33)23-52-26-55(47,48)51-3)45-25-43-36-37(41-24-42-38(36)45)44-39(46)27-10-6-4-7-11-27/h4-21,24-25,33-35H,22-23,26H2,1-3H3,(H,47,48)(H,41,42,44,46)/t33-,34+,35+/m0/s1. The maximum atomic E-state index is 13.0. The Hall–Kier alpha value is -5.47. The minimum Gasteiger partial charge on any atom is -0.497 e. The van der Waals surface area contributed by atoms with E-state index < -0.39 is 38.0 Å². The van der Waals surface area contributed by atoms with Gasteiger partial charge in [0, 0.05) is 19.1 Å². The number of nitrogens with one attached hydrogen (secondary N) is 1. The summed E-state index contributed by atoms with van der Waals surface area (Å²) in [6.07, 6.45) is 0.559. The van der Waals surface area contributed by atoms with Gasteiger partial charge in [0.15, 0.2) is 17.0 Å². The van der Waals surface area contributed by atoms with Crippen LogP contribution in [0.4, 0.5) is 5.82 Å². The minimum absolute atomic E-state index is 0.106. The van der Waals surface area contributed by atoms with E-state index in [0.29, 0.717) is 28.2 Å². The first-order valence-corrected chi connectivity index (χ1v) is 19.2. The van der Waals surface area contributed by atoms with Crippen LogP contribution >= 0.6 is 7.60 Å². The van der Waals surface area contributed by atoms with Crippen molar-refractivity contribution in [3.05, 3.63) is 144 Å². The Morgan fingerprint density at radius 3 is 2.05 bits per heavy atom. The second kappa shape index (κ2) is 16.5. The number of hydrogen-bond donors (Lipinski definition) is 2. The molecule has 2 aromatic heterocycles. The largest absolute Gasteiger partial charge is 0.497 e. The number of fused-ring (bicyclic) bond motifs is 1. The molecule has 15 heteroatoms. The molecule has 0 saturated carbocycles. The number of anilines is 1. The van der Waals surface area contributed by atoms with Crippen LogP contribution in [0.1, 0.15) is 39.7 Å². The highest BCUT2D eigenvalue weighted by Gasteiger charge is 2.46. The van der Waals surface area contributed by atoms with E-state index in [1.54, 1.807) is 49.4 Å².